The van der Waals surface area contributed by atoms with Crippen molar-refractivity contribution in [3.63, 3.8) is 0 Å². The minimum absolute atomic E-state index is 0.0552. The zero-order chi connectivity index (χ0) is 21.4. The number of nitrogens with one attached hydrogen (secondary N) is 1. The van der Waals surface area contributed by atoms with Crippen LogP contribution in [0.1, 0.15) is 22.8 Å². The molecule has 1 aromatic carbocycles. The lowest BCUT2D eigenvalue weighted by Gasteiger charge is -2.37. The smallest absolute Gasteiger partial charge is 0.255 e. The molecule has 2 amide bonds. The van der Waals surface area contributed by atoms with Crippen LogP contribution in [0.25, 0.3) is 22.2 Å². The van der Waals surface area contributed by atoms with Gasteiger partial charge in [0, 0.05) is 50.5 Å². The van der Waals surface area contributed by atoms with Gasteiger partial charge in [-0.2, -0.15) is 0 Å². The highest BCUT2D eigenvalue weighted by atomic mass is 16.2. The number of rotatable bonds is 3. The second kappa shape index (κ2) is 7.70. The van der Waals surface area contributed by atoms with Crippen LogP contribution in [-0.2, 0) is 4.79 Å². The fourth-order valence-electron chi connectivity index (χ4n) is 3.70. The highest BCUT2D eigenvalue weighted by Crippen LogP contribution is 2.27. The number of carbonyl (C=O) groups excluding carboxylic acids is 2. The number of hydrogen-bond acceptors (Lipinski definition) is 6. The number of likely N-dealkylation sites (N-methyl/N-ethyl adjacent to an activating group) is 1. The molecule has 154 valence electrons. The van der Waals surface area contributed by atoms with Gasteiger partial charge in [0.2, 0.25) is 11.9 Å². The molecule has 0 radical (unpaired) electrons. The number of aromatic nitrogens is 3. The van der Waals surface area contributed by atoms with Crippen molar-refractivity contribution >= 4 is 28.7 Å². The molecule has 8 heteroatoms. The van der Waals surface area contributed by atoms with E-state index in [1.807, 2.05) is 25.1 Å². The van der Waals surface area contributed by atoms with Crippen molar-refractivity contribution in [3.05, 3.63) is 47.8 Å². The van der Waals surface area contributed by atoms with Gasteiger partial charge in [-0.3, -0.25) is 9.59 Å². The molecule has 1 aliphatic rings. The van der Waals surface area contributed by atoms with E-state index in [0.717, 1.165) is 10.9 Å². The van der Waals surface area contributed by atoms with Gasteiger partial charge in [-0.15, -0.1) is 0 Å². The van der Waals surface area contributed by atoms with Crippen LogP contribution in [0.15, 0.2) is 36.7 Å². The summed E-state index contributed by atoms with van der Waals surface area (Å²) in [7, 11) is 3.51. The number of aryl methyl sites for hydroxylation is 1. The molecule has 4 rings (SSSR count). The molecule has 0 spiro atoms. The molecule has 1 N–H and O–H groups in total. The first kappa shape index (κ1) is 19.8. The quantitative estimate of drug-likeness (QED) is 0.721. The monoisotopic (exact) mass is 404 g/mol. The van der Waals surface area contributed by atoms with Crippen molar-refractivity contribution in [2.24, 2.45) is 0 Å². The van der Waals surface area contributed by atoms with Crippen molar-refractivity contribution in [1.29, 1.82) is 0 Å². The number of carbonyl (C=O) groups is 2. The molecule has 1 unspecified atom stereocenters. The zero-order valence-electron chi connectivity index (χ0n) is 17.5. The van der Waals surface area contributed by atoms with E-state index in [1.165, 1.54) is 0 Å². The Bertz CT molecular complexity index is 1130. The van der Waals surface area contributed by atoms with Crippen LogP contribution in [-0.4, -0.2) is 69.8 Å². The number of piperazine rings is 1. The molecular weight excluding hydrogens is 380 g/mol. The molecule has 1 atom stereocenters. The molecule has 8 nitrogen and oxygen atoms in total. The molecule has 0 aliphatic carbocycles. The highest BCUT2D eigenvalue weighted by molar-refractivity contribution is 6.08. The van der Waals surface area contributed by atoms with Crippen LogP contribution < -0.4 is 5.32 Å². The van der Waals surface area contributed by atoms with Crippen LogP contribution in [0, 0.1) is 6.92 Å². The number of nitrogens with zero attached hydrogens (tertiary/aromatic N) is 5. The summed E-state index contributed by atoms with van der Waals surface area (Å²) in [4.78, 5) is 42.5. The largest absolute Gasteiger partial charge is 0.357 e. The topological polar surface area (TPSA) is 91.3 Å². The van der Waals surface area contributed by atoms with Crippen LogP contribution in [0.5, 0.6) is 0 Å². The van der Waals surface area contributed by atoms with E-state index in [2.05, 4.69) is 15.3 Å². The third-order valence-electron chi connectivity index (χ3n) is 5.50. The van der Waals surface area contributed by atoms with Gasteiger partial charge in [0.05, 0.1) is 16.8 Å². The van der Waals surface area contributed by atoms with E-state index >= 15 is 0 Å². The zero-order valence-corrected chi connectivity index (χ0v) is 17.5. The number of benzene rings is 1. The number of fused-ring (bicyclic) bond motifs is 1. The Labute approximate surface area is 175 Å². The van der Waals surface area contributed by atoms with Gasteiger partial charge in [-0.25, -0.2) is 15.0 Å². The molecule has 3 aromatic rings. The molecule has 1 aliphatic heterocycles. The molecule has 2 aromatic heterocycles. The van der Waals surface area contributed by atoms with Crippen molar-refractivity contribution in [2.45, 2.75) is 19.9 Å². The van der Waals surface area contributed by atoms with Gasteiger partial charge in [0.15, 0.2) is 0 Å². The third-order valence-corrected chi connectivity index (χ3v) is 5.50. The van der Waals surface area contributed by atoms with Gasteiger partial charge in [-0.1, -0.05) is 11.6 Å². The molecule has 0 saturated carbocycles. The van der Waals surface area contributed by atoms with Crippen LogP contribution >= 0.6 is 0 Å². The maximum absolute atomic E-state index is 13.6. The lowest BCUT2D eigenvalue weighted by molar-refractivity contribution is -0.137. The Morgan fingerprint density at radius 3 is 2.60 bits per heavy atom. The van der Waals surface area contributed by atoms with Gasteiger partial charge >= 0.3 is 0 Å². The lowest BCUT2D eigenvalue weighted by atomic mass is 10.0. The van der Waals surface area contributed by atoms with E-state index in [4.69, 9.17) is 4.98 Å². The van der Waals surface area contributed by atoms with Crippen molar-refractivity contribution in [2.75, 3.05) is 32.5 Å². The first-order chi connectivity index (χ1) is 14.4. The molecule has 1 saturated heterocycles. The van der Waals surface area contributed by atoms with Crippen molar-refractivity contribution in [3.8, 4) is 11.3 Å². The summed E-state index contributed by atoms with van der Waals surface area (Å²) >= 11 is 0. The summed E-state index contributed by atoms with van der Waals surface area (Å²) in [6.07, 6.45) is 3.36. The Morgan fingerprint density at radius 1 is 1.17 bits per heavy atom. The molecule has 1 fully saturated rings. The third kappa shape index (κ3) is 3.45. The fourth-order valence-corrected chi connectivity index (χ4v) is 3.70. The van der Waals surface area contributed by atoms with Crippen LogP contribution in [0.4, 0.5) is 5.95 Å². The summed E-state index contributed by atoms with van der Waals surface area (Å²) in [6, 6.07) is 7.10. The number of anilines is 1. The van der Waals surface area contributed by atoms with Crippen LogP contribution in [0.3, 0.4) is 0 Å². The first-order valence-corrected chi connectivity index (χ1v) is 9.86. The molecule has 30 heavy (non-hydrogen) atoms. The molecule has 0 bridgehead atoms. The normalized spacial score (nSPS) is 16.8. The summed E-state index contributed by atoms with van der Waals surface area (Å²) in [5.41, 5.74) is 3.61. The van der Waals surface area contributed by atoms with Crippen molar-refractivity contribution in [1.82, 2.24) is 24.8 Å². The maximum atomic E-state index is 13.6. The second-order valence-corrected chi connectivity index (χ2v) is 7.56. The predicted molar refractivity (Wildman–Crippen MR) is 115 cm³/mol. The predicted octanol–water partition coefficient (Wildman–Crippen LogP) is 2.34. The van der Waals surface area contributed by atoms with Gasteiger partial charge in [0.25, 0.3) is 5.91 Å². The van der Waals surface area contributed by atoms with E-state index in [0.29, 0.717) is 41.4 Å². The standard InChI is InChI=1S/C22H24N6O2/c1-13-5-6-18-16(9-13)17(21(30)28-8-7-27(4)20(29)14(28)2)10-19(26-18)15-11-24-22(23-3)25-12-15/h5-6,9-12,14H,7-8H2,1-4H3,(H,23,24,25). The maximum Gasteiger partial charge on any atom is 0.255 e. The van der Waals surface area contributed by atoms with E-state index < -0.39 is 6.04 Å². The minimum atomic E-state index is -0.508. The Balaban J connectivity index is 1.83. The Kier molecular flexibility index (Phi) is 5.07. The number of hydrogen-bond donors (Lipinski definition) is 1. The van der Waals surface area contributed by atoms with Gasteiger partial charge < -0.3 is 15.1 Å². The van der Waals surface area contributed by atoms with Crippen LogP contribution in [0.2, 0.25) is 0 Å². The fraction of sp³-hybridized carbons (Fsp3) is 0.318. The second-order valence-electron chi connectivity index (χ2n) is 7.56. The number of pyridine rings is 1. The number of amides is 2. The van der Waals surface area contributed by atoms with E-state index in [-0.39, 0.29) is 11.8 Å². The summed E-state index contributed by atoms with van der Waals surface area (Å²) in [5.74, 6) is 0.285. The lowest BCUT2D eigenvalue weighted by Crippen LogP contribution is -2.56. The summed E-state index contributed by atoms with van der Waals surface area (Å²) < 4.78 is 0. The molecular formula is C22H24N6O2. The summed E-state index contributed by atoms with van der Waals surface area (Å²) in [5, 5.41) is 3.66. The van der Waals surface area contributed by atoms with Gasteiger partial charge in [0.1, 0.15) is 6.04 Å². The first-order valence-electron chi connectivity index (χ1n) is 9.86. The Morgan fingerprint density at radius 2 is 1.90 bits per heavy atom. The molecule has 3 heterocycles. The highest BCUT2D eigenvalue weighted by Gasteiger charge is 2.33. The Hall–Kier alpha value is -3.55. The van der Waals surface area contributed by atoms with Gasteiger partial charge in [-0.05, 0) is 32.0 Å². The average molecular weight is 404 g/mol. The summed E-state index contributed by atoms with van der Waals surface area (Å²) in [6.45, 7) is 4.76. The van der Waals surface area contributed by atoms with E-state index in [1.54, 1.807) is 49.3 Å². The average Bonchev–Trinajstić information content (AvgIpc) is 2.76. The SMILES string of the molecule is CNc1ncc(-c2cc(C(=O)N3CCN(C)C(=O)C3C)c3cc(C)ccc3n2)cn1. The van der Waals surface area contributed by atoms with E-state index in [9.17, 15) is 9.59 Å². The van der Waals surface area contributed by atoms with Crippen molar-refractivity contribution < 1.29 is 9.59 Å². The minimum Gasteiger partial charge on any atom is -0.357 e.